The Morgan fingerprint density at radius 2 is 1.75 bits per heavy atom. The minimum Gasteiger partial charge on any atom is -0.450 e. The molecule has 2 rings (SSSR count). The van der Waals surface area contributed by atoms with Crippen LogP contribution in [0.4, 0.5) is 4.79 Å². The molecule has 1 saturated carbocycles. The summed E-state index contributed by atoms with van der Waals surface area (Å²) >= 11 is 5.20. The average molecular weight is 239 g/mol. The first-order chi connectivity index (χ1) is 7.75. The van der Waals surface area contributed by atoms with Crippen molar-refractivity contribution >= 4 is 17.0 Å². The highest BCUT2D eigenvalue weighted by atomic mass is 35.5. The molecule has 1 fully saturated rings. The lowest BCUT2D eigenvalue weighted by Crippen LogP contribution is -2.21. The molecular weight excluding hydrogens is 224 g/mol. The van der Waals surface area contributed by atoms with Gasteiger partial charge in [0, 0.05) is 11.6 Å². The highest BCUT2D eigenvalue weighted by Gasteiger charge is 2.24. The molecule has 1 aliphatic carbocycles. The Kier molecular flexibility index (Phi) is 3.83. The third-order valence-electron chi connectivity index (χ3n) is 3.20. The van der Waals surface area contributed by atoms with Gasteiger partial charge in [-0.1, -0.05) is 30.3 Å². The van der Waals surface area contributed by atoms with Crippen LogP contribution in [-0.4, -0.2) is 11.5 Å². The first-order valence-corrected chi connectivity index (χ1v) is 6.04. The van der Waals surface area contributed by atoms with E-state index in [0.29, 0.717) is 5.92 Å². The van der Waals surface area contributed by atoms with Crippen molar-refractivity contribution in [1.82, 2.24) is 0 Å². The second-order valence-corrected chi connectivity index (χ2v) is 4.55. The van der Waals surface area contributed by atoms with E-state index in [-0.39, 0.29) is 6.10 Å². The number of carbonyl (C=O) groups excluding carboxylic acids is 1. The van der Waals surface area contributed by atoms with Crippen molar-refractivity contribution in [3.05, 3.63) is 35.9 Å². The molecule has 0 saturated heterocycles. The van der Waals surface area contributed by atoms with E-state index < -0.39 is 5.43 Å². The molecule has 0 aliphatic heterocycles. The first kappa shape index (κ1) is 11.5. The molecule has 1 aromatic carbocycles. The lowest BCUT2D eigenvalue weighted by Gasteiger charge is -2.27. The standard InChI is InChI=1S/C13H15ClO2/c14-13(15)16-12-8-6-11(7-9-12)10-4-2-1-3-5-10/h1-5,11-12H,6-9H2. The predicted octanol–water partition coefficient (Wildman–Crippen LogP) is 4.09. The molecule has 0 bridgehead atoms. The molecule has 3 heteroatoms. The van der Waals surface area contributed by atoms with Crippen LogP contribution in [-0.2, 0) is 4.74 Å². The summed E-state index contributed by atoms with van der Waals surface area (Å²) in [5.41, 5.74) is 0.710. The van der Waals surface area contributed by atoms with Gasteiger partial charge in [-0.05, 0) is 37.2 Å². The normalized spacial score (nSPS) is 25.1. The summed E-state index contributed by atoms with van der Waals surface area (Å²) in [5, 5.41) is 0. The smallest absolute Gasteiger partial charge is 0.404 e. The van der Waals surface area contributed by atoms with E-state index in [1.165, 1.54) is 5.56 Å². The van der Waals surface area contributed by atoms with Crippen LogP contribution in [0.2, 0.25) is 0 Å². The molecule has 2 nitrogen and oxygen atoms in total. The highest BCUT2D eigenvalue weighted by Crippen LogP contribution is 2.33. The Balaban J connectivity index is 1.88. The van der Waals surface area contributed by atoms with Crippen molar-refractivity contribution in [2.24, 2.45) is 0 Å². The molecule has 0 N–H and O–H groups in total. The Morgan fingerprint density at radius 1 is 1.12 bits per heavy atom. The number of hydrogen-bond acceptors (Lipinski definition) is 2. The number of halogens is 1. The Morgan fingerprint density at radius 3 is 2.31 bits per heavy atom. The summed E-state index contributed by atoms with van der Waals surface area (Å²) in [6.45, 7) is 0. The molecule has 0 spiro atoms. The van der Waals surface area contributed by atoms with Crippen molar-refractivity contribution < 1.29 is 9.53 Å². The highest BCUT2D eigenvalue weighted by molar-refractivity contribution is 6.61. The van der Waals surface area contributed by atoms with Gasteiger partial charge in [0.15, 0.2) is 0 Å². The minimum absolute atomic E-state index is 0.0185. The average Bonchev–Trinajstić information content (AvgIpc) is 2.30. The summed E-state index contributed by atoms with van der Waals surface area (Å²) in [4.78, 5) is 10.6. The third kappa shape index (κ3) is 2.99. The van der Waals surface area contributed by atoms with Crippen LogP contribution in [0.15, 0.2) is 30.3 Å². The van der Waals surface area contributed by atoms with E-state index in [4.69, 9.17) is 16.3 Å². The number of hydrogen-bond donors (Lipinski definition) is 0. The zero-order valence-corrected chi connectivity index (χ0v) is 9.82. The summed E-state index contributed by atoms with van der Waals surface area (Å²) in [6.07, 6.45) is 3.98. The number of benzene rings is 1. The largest absolute Gasteiger partial charge is 0.450 e. The van der Waals surface area contributed by atoms with Crippen molar-refractivity contribution in [2.75, 3.05) is 0 Å². The predicted molar refractivity (Wildman–Crippen MR) is 63.8 cm³/mol. The van der Waals surface area contributed by atoms with Gasteiger partial charge in [-0.25, -0.2) is 4.79 Å². The molecule has 0 radical (unpaired) electrons. The van der Waals surface area contributed by atoms with Crippen LogP contribution < -0.4 is 0 Å². The summed E-state index contributed by atoms with van der Waals surface area (Å²) in [7, 11) is 0. The van der Waals surface area contributed by atoms with Gasteiger partial charge in [-0.2, -0.15) is 0 Å². The SMILES string of the molecule is O=C(Cl)OC1CCC(c2ccccc2)CC1. The molecule has 0 aromatic heterocycles. The Labute approximate surface area is 101 Å². The molecule has 86 valence electrons. The fourth-order valence-corrected chi connectivity index (χ4v) is 2.50. The van der Waals surface area contributed by atoms with Gasteiger partial charge in [0.25, 0.3) is 0 Å². The van der Waals surface area contributed by atoms with Gasteiger partial charge in [-0.3, -0.25) is 0 Å². The van der Waals surface area contributed by atoms with Crippen LogP contribution >= 0.6 is 11.6 Å². The second kappa shape index (κ2) is 5.35. The van der Waals surface area contributed by atoms with Gasteiger partial charge in [0.05, 0.1) is 0 Å². The first-order valence-electron chi connectivity index (χ1n) is 5.67. The molecular formula is C13H15ClO2. The zero-order chi connectivity index (χ0) is 11.4. The molecule has 0 amide bonds. The van der Waals surface area contributed by atoms with E-state index in [1.54, 1.807) is 0 Å². The fraction of sp³-hybridized carbons (Fsp3) is 0.462. The number of ether oxygens (including phenoxy) is 1. The summed E-state index contributed by atoms with van der Waals surface area (Å²) in [6, 6.07) is 10.5. The maximum Gasteiger partial charge on any atom is 0.404 e. The number of carbonyl (C=O) groups is 1. The van der Waals surface area contributed by atoms with Crippen LogP contribution in [0.3, 0.4) is 0 Å². The lowest BCUT2D eigenvalue weighted by molar-refractivity contribution is 0.0908. The quantitative estimate of drug-likeness (QED) is 0.726. The molecule has 0 heterocycles. The monoisotopic (exact) mass is 238 g/mol. The van der Waals surface area contributed by atoms with Crippen LogP contribution in [0, 0.1) is 0 Å². The van der Waals surface area contributed by atoms with Crippen LogP contribution in [0.1, 0.15) is 37.2 Å². The van der Waals surface area contributed by atoms with Gasteiger partial charge >= 0.3 is 5.43 Å². The molecule has 16 heavy (non-hydrogen) atoms. The molecule has 1 aliphatic rings. The van der Waals surface area contributed by atoms with Crippen molar-refractivity contribution in [2.45, 2.75) is 37.7 Å². The minimum atomic E-state index is -0.678. The Bertz CT molecular complexity index is 342. The van der Waals surface area contributed by atoms with E-state index in [9.17, 15) is 4.79 Å². The lowest BCUT2D eigenvalue weighted by atomic mass is 9.83. The number of rotatable bonds is 2. The fourth-order valence-electron chi connectivity index (χ4n) is 2.37. The Hall–Kier alpha value is -1.02. The summed E-state index contributed by atoms with van der Waals surface area (Å²) in [5.74, 6) is 0.603. The van der Waals surface area contributed by atoms with Gasteiger partial charge in [0.1, 0.15) is 6.10 Å². The van der Waals surface area contributed by atoms with E-state index in [1.807, 2.05) is 6.07 Å². The van der Waals surface area contributed by atoms with Crippen LogP contribution in [0.25, 0.3) is 0 Å². The van der Waals surface area contributed by atoms with Gasteiger partial charge < -0.3 is 4.74 Å². The van der Waals surface area contributed by atoms with Gasteiger partial charge in [-0.15, -0.1) is 0 Å². The maximum absolute atomic E-state index is 10.6. The van der Waals surface area contributed by atoms with Gasteiger partial charge in [0.2, 0.25) is 0 Å². The van der Waals surface area contributed by atoms with Crippen LogP contribution in [0.5, 0.6) is 0 Å². The van der Waals surface area contributed by atoms with E-state index >= 15 is 0 Å². The van der Waals surface area contributed by atoms with E-state index in [2.05, 4.69) is 24.3 Å². The molecule has 1 aromatic rings. The third-order valence-corrected chi connectivity index (χ3v) is 3.29. The molecule has 0 unspecified atom stereocenters. The zero-order valence-electron chi connectivity index (χ0n) is 9.06. The maximum atomic E-state index is 10.6. The van der Waals surface area contributed by atoms with Crippen molar-refractivity contribution in [3.63, 3.8) is 0 Å². The summed E-state index contributed by atoms with van der Waals surface area (Å²) < 4.78 is 5.00. The van der Waals surface area contributed by atoms with Crippen molar-refractivity contribution in [1.29, 1.82) is 0 Å². The topological polar surface area (TPSA) is 26.3 Å². The van der Waals surface area contributed by atoms with Crippen molar-refractivity contribution in [3.8, 4) is 0 Å². The molecule has 0 atom stereocenters. The van der Waals surface area contributed by atoms with E-state index in [0.717, 1.165) is 25.7 Å². The second-order valence-electron chi connectivity index (χ2n) is 4.24.